The zero-order valence-corrected chi connectivity index (χ0v) is 15.7. The maximum atomic E-state index is 12.5. The molecule has 0 unspecified atom stereocenters. The van der Waals surface area contributed by atoms with Gasteiger partial charge in [0.25, 0.3) is 0 Å². The Morgan fingerprint density at radius 1 is 1.31 bits per heavy atom. The molecule has 2 heterocycles. The lowest BCUT2D eigenvalue weighted by Gasteiger charge is -2.29. The number of nitriles is 1. The number of aromatic nitrogens is 1. The predicted octanol–water partition coefficient (Wildman–Crippen LogP) is 3.13. The second kappa shape index (κ2) is 8.19. The van der Waals surface area contributed by atoms with Crippen molar-refractivity contribution in [2.24, 2.45) is 5.92 Å². The molecule has 7 heteroatoms. The van der Waals surface area contributed by atoms with E-state index in [9.17, 15) is 4.79 Å². The van der Waals surface area contributed by atoms with E-state index >= 15 is 0 Å². The van der Waals surface area contributed by atoms with E-state index in [4.69, 9.17) is 14.7 Å². The van der Waals surface area contributed by atoms with Gasteiger partial charge < -0.3 is 14.4 Å². The monoisotopic (exact) mass is 371 g/mol. The normalized spacial score (nSPS) is 14.7. The van der Waals surface area contributed by atoms with Gasteiger partial charge in [-0.1, -0.05) is 0 Å². The van der Waals surface area contributed by atoms with Crippen LogP contribution in [0.5, 0.6) is 11.5 Å². The highest BCUT2D eigenvalue weighted by atomic mass is 32.1. The standard InChI is InChI=1S/C19H21N3O3S/c1-24-16-4-3-14(9-17(16)25-2)19-21-15(12-26-19)10-18(23)22-7-5-13(11-20)6-8-22/h3-4,9,12-13H,5-8,10H2,1-2H3. The van der Waals surface area contributed by atoms with E-state index in [1.54, 1.807) is 14.2 Å². The molecule has 2 aromatic rings. The summed E-state index contributed by atoms with van der Waals surface area (Å²) >= 11 is 1.51. The Morgan fingerprint density at radius 2 is 2.04 bits per heavy atom. The maximum absolute atomic E-state index is 12.5. The molecule has 0 spiro atoms. The number of amides is 1. The van der Waals surface area contributed by atoms with Crippen molar-refractivity contribution in [2.45, 2.75) is 19.3 Å². The number of likely N-dealkylation sites (tertiary alicyclic amines) is 1. The maximum Gasteiger partial charge on any atom is 0.228 e. The number of hydrogen-bond donors (Lipinski definition) is 0. The van der Waals surface area contributed by atoms with Crippen molar-refractivity contribution in [2.75, 3.05) is 27.3 Å². The third-order valence-electron chi connectivity index (χ3n) is 4.54. The lowest BCUT2D eigenvalue weighted by molar-refractivity contribution is -0.131. The summed E-state index contributed by atoms with van der Waals surface area (Å²) in [6.07, 6.45) is 1.81. The van der Waals surface area contributed by atoms with Crippen LogP contribution in [0.3, 0.4) is 0 Å². The van der Waals surface area contributed by atoms with Crippen LogP contribution < -0.4 is 9.47 Å². The van der Waals surface area contributed by atoms with Gasteiger partial charge in [0.15, 0.2) is 11.5 Å². The number of carbonyl (C=O) groups excluding carboxylic acids is 1. The van der Waals surface area contributed by atoms with Gasteiger partial charge in [-0.3, -0.25) is 4.79 Å². The van der Waals surface area contributed by atoms with Crippen LogP contribution >= 0.6 is 11.3 Å². The van der Waals surface area contributed by atoms with Gasteiger partial charge in [0.1, 0.15) is 5.01 Å². The van der Waals surface area contributed by atoms with E-state index in [0.717, 1.165) is 29.1 Å². The summed E-state index contributed by atoms with van der Waals surface area (Å²) in [5.74, 6) is 1.47. The molecule has 1 aliphatic heterocycles. The summed E-state index contributed by atoms with van der Waals surface area (Å²) in [4.78, 5) is 18.9. The highest BCUT2D eigenvalue weighted by Crippen LogP contribution is 2.33. The molecule has 1 aromatic carbocycles. The Kier molecular flexibility index (Phi) is 5.74. The summed E-state index contributed by atoms with van der Waals surface area (Å²) in [5, 5.41) is 11.7. The van der Waals surface area contributed by atoms with Gasteiger partial charge in [-0.15, -0.1) is 11.3 Å². The predicted molar refractivity (Wildman–Crippen MR) is 99.3 cm³/mol. The molecule has 1 fully saturated rings. The molecule has 1 saturated heterocycles. The average Bonchev–Trinajstić information content (AvgIpc) is 3.15. The SMILES string of the molecule is COc1ccc(-c2nc(CC(=O)N3CCC(C#N)CC3)cs2)cc1OC. The minimum absolute atomic E-state index is 0.0746. The summed E-state index contributed by atoms with van der Waals surface area (Å²) in [5.41, 5.74) is 1.70. The summed E-state index contributed by atoms with van der Waals surface area (Å²) in [6, 6.07) is 7.95. The van der Waals surface area contributed by atoms with Crippen LogP contribution in [0.2, 0.25) is 0 Å². The van der Waals surface area contributed by atoms with E-state index in [1.807, 2.05) is 28.5 Å². The Labute approximate surface area is 157 Å². The fourth-order valence-electron chi connectivity index (χ4n) is 3.01. The second-order valence-corrected chi connectivity index (χ2v) is 7.03. The first-order chi connectivity index (χ1) is 12.6. The molecule has 0 bridgehead atoms. The summed E-state index contributed by atoms with van der Waals surface area (Å²) in [7, 11) is 3.20. The van der Waals surface area contributed by atoms with Crippen LogP contribution in [0, 0.1) is 17.2 Å². The fourth-order valence-corrected chi connectivity index (χ4v) is 3.83. The highest BCUT2D eigenvalue weighted by Gasteiger charge is 2.23. The van der Waals surface area contributed by atoms with Gasteiger partial charge in [0.2, 0.25) is 5.91 Å². The number of hydrogen-bond acceptors (Lipinski definition) is 6. The lowest BCUT2D eigenvalue weighted by Crippen LogP contribution is -2.39. The quantitative estimate of drug-likeness (QED) is 0.807. The van der Waals surface area contributed by atoms with Gasteiger partial charge >= 0.3 is 0 Å². The molecule has 6 nitrogen and oxygen atoms in total. The number of nitrogens with zero attached hydrogens (tertiary/aromatic N) is 3. The number of methoxy groups -OCH3 is 2. The first kappa shape index (κ1) is 18.2. The van der Waals surface area contributed by atoms with Crippen LogP contribution in [-0.4, -0.2) is 43.1 Å². The van der Waals surface area contributed by atoms with Crippen molar-refractivity contribution in [1.82, 2.24) is 9.88 Å². The third-order valence-corrected chi connectivity index (χ3v) is 5.48. The Morgan fingerprint density at radius 3 is 2.69 bits per heavy atom. The molecule has 3 rings (SSSR count). The van der Waals surface area contributed by atoms with Gasteiger partial charge in [0, 0.05) is 30.0 Å². The number of thiazole rings is 1. The molecule has 136 valence electrons. The number of ether oxygens (including phenoxy) is 2. The average molecular weight is 371 g/mol. The van der Waals surface area contributed by atoms with Crippen LogP contribution in [-0.2, 0) is 11.2 Å². The number of carbonyl (C=O) groups is 1. The van der Waals surface area contributed by atoms with Gasteiger partial charge in [-0.2, -0.15) is 5.26 Å². The van der Waals surface area contributed by atoms with Crippen LogP contribution in [0.4, 0.5) is 0 Å². The van der Waals surface area contributed by atoms with E-state index in [0.29, 0.717) is 31.0 Å². The van der Waals surface area contributed by atoms with Crippen molar-refractivity contribution in [3.05, 3.63) is 29.3 Å². The molecule has 26 heavy (non-hydrogen) atoms. The molecule has 0 aliphatic carbocycles. The lowest BCUT2D eigenvalue weighted by atomic mass is 9.98. The molecule has 0 atom stereocenters. The first-order valence-corrected chi connectivity index (χ1v) is 9.36. The zero-order valence-electron chi connectivity index (χ0n) is 14.9. The van der Waals surface area contributed by atoms with Crippen LogP contribution in [0.15, 0.2) is 23.6 Å². The molecule has 0 saturated carbocycles. The molecule has 1 aromatic heterocycles. The van der Waals surface area contributed by atoms with Gasteiger partial charge in [-0.05, 0) is 31.0 Å². The van der Waals surface area contributed by atoms with Crippen molar-refractivity contribution in [1.29, 1.82) is 5.26 Å². The van der Waals surface area contributed by atoms with E-state index in [1.165, 1.54) is 11.3 Å². The third kappa shape index (κ3) is 3.97. The minimum Gasteiger partial charge on any atom is -0.493 e. The summed E-state index contributed by atoms with van der Waals surface area (Å²) in [6.45, 7) is 1.31. The molecule has 1 amide bonds. The Hall–Kier alpha value is -2.59. The molecule has 0 radical (unpaired) electrons. The van der Waals surface area contributed by atoms with Crippen LogP contribution in [0.25, 0.3) is 10.6 Å². The largest absolute Gasteiger partial charge is 0.493 e. The van der Waals surface area contributed by atoms with Crippen molar-refractivity contribution < 1.29 is 14.3 Å². The van der Waals surface area contributed by atoms with Gasteiger partial charge in [0.05, 0.1) is 32.4 Å². The second-order valence-electron chi connectivity index (χ2n) is 6.17. The van der Waals surface area contributed by atoms with E-state index < -0.39 is 0 Å². The van der Waals surface area contributed by atoms with E-state index in [-0.39, 0.29) is 11.8 Å². The first-order valence-electron chi connectivity index (χ1n) is 8.48. The van der Waals surface area contributed by atoms with Gasteiger partial charge in [-0.25, -0.2) is 4.98 Å². The topological polar surface area (TPSA) is 75.5 Å². The zero-order chi connectivity index (χ0) is 18.5. The van der Waals surface area contributed by atoms with Crippen molar-refractivity contribution >= 4 is 17.2 Å². The molecule has 0 N–H and O–H groups in total. The molecular formula is C19H21N3O3S. The smallest absolute Gasteiger partial charge is 0.228 e. The van der Waals surface area contributed by atoms with Crippen LogP contribution in [0.1, 0.15) is 18.5 Å². The fraction of sp³-hybridized carbons (Fsp3) is 0.421. The number of rotatable bonds is 5. The molecule has 1 aliphatic rings. The Balaban J connectivity index is 1.67. The minimum atomic E-state index is 0.0746. The summed E-state index contributed by atoms with van der Waals surface area (Å²) < 4.78 is 10.6. The number of benzene rings is 1. The Bertz CT molecular complexity index is 820. The van der Waals surface area contributed by atoms with Crippen molar-refractivity contribution in [3.63, 3.8) is 0 Å². The molecular weight excluding hydrogens is 350 g/mol. The number of piperidine rings is 1. The highest BCUT2D eigenvalue weighted by molar-refractivity contribution is 7.13. The van der Waals surface area contributed by atoms with E-state index in [2.05, 4.69) is 11.1 Å². The van der Waals surface area contributed by atoms with Crippen molar-refractivity contribution in [3.8, 4) is 28.1 Å².